The van der Waals surface area contributed by atoms with Crippen molar-refractivity contribution in [1.82, 2.24) is 14.6 Å². The highest BCUT2D eigenvalue weighted by molar-refractivity contribution is 7.89. The van der Waals surface area contributed by atoms with Crippen LogP contribution in [0, 0.1) is 6.92 Å². The predicted octanol–water partition coefficient (Wildman–Crippen LogP) is 5.26. The SMILES string of the molecule is Cc1ccc(S(=O)(=O)N2CCC(c3nc(C(=O)NCc4ccc(Cl)cc4)cs3)CC2)cc1Cl. The number of carbonyl (C=O) groups is 1. The second kappa shape index (κ2) is 10.1. The molecule has 10 heteroatoms. The molecule has 0 aliphatic carbocycles. The number of sulfonamides is 1. The van der Waals surface area contributed by atoms with Gasteiger partial charge in [0.25, 0.3) is 5.91 Å². The van der Waals surface area contributed by atoms with E-state index in [1.165, 1.54) is 21.7 Å². The van der Waals surface area contributed by atoms with E-state index < -0.39 is 10.0 Å². The first-order valence-electron chi connectivity index (χ1n) is 10.5. The summed E-state index contributed by atoms with van der Waals surface area (Å²) in [5.41, 5.74) is 2.17. The average Bonchev–Trinajstić information content (AvgIpc) is 3.31. The van der Waals surface area contributed by atoms with Gasteiger partial charge in [-0.15, -0.1) is 11.3 Å². The Hall–Kier alpha value is -1.97. The molecule has 0 unspecified atom stereocenters. The quantitative estimate of drug-likeness (QED) is 0.478. The summed E-state index contributed by atoms with van der Waals surface area (Å²) in [5, 5.41) is 6.57. The molecule has 1 aromatic heterocycles. The maximum Gasteiger partial charge on any atom is 0.271 e. The zero-order chi connectivity index (χ0) is 23.6. The lowest BCUT2D eigenvalue weighted by Gasteiger charge is -2.30. The van der Waals surface area contributed by atoms with Gasteiger partial charge in [0.15, 0.2) is 0 Å². The average molecular weight is 524 g/mol. The number of amides is 1. The molecule has 33 heavy (non-hydrogen) atoms. The van der Waals surface area contributed by atoms with Gasteiger partial charge in [-0.3, -0.25) is 4.79 Å². The molecular formula is C23H23Cl2N3O3S2. The van der Waals surface area contributed by atoms with Crippen LogP contribution in [0.4, 0.5) is 0 Å². The molecular weight excluding hydrogens is 501 g/mol. The lowest BCUT2D eigenvalue weighted by Crippen LogP contribution is -2.37. The number of thiazole rings is 1. The molecule has 1 N–H and O–H groups in total. The van der Waals surface area contributed by atoms with Crippen molar-refractivity contribution < 1.29 is 13.2 Å². The van der Waals surface area contributed by atoms with E-state index in [1.807, 2.05) is 19.1 Å². The molecule has 0 radical (unpaired) electrons. The minimum absolute atomic E-state index is 0.126. The van der Waals surface area contributed by atoms with Gasteiger partial charge in [0, 0.05) is 41.0 Å². The van der Waals surface area contributed by atoms with E-state index in [0.717, 1.165) is 16.1 Å². The molecule has 1 aliphatic rings. The number of rotatable bonds is 6. The molecule has 1 saturated heterocycles. The number of piperidine rings is 1. The Morgan fingerprint density at radius 2 is 1.85 bits per heavy atom. The van der Waals surface area contributed by atoms with Crippen molar-refractivity contribution in [3.8, 4) is 0 Å². The number of halogens is 2. The van der Waals surface area contributed by atoms with E-state index in [4.69, 9.17) is 23.2 Å². The molecule has 3 aromatic rings. The topological polar surface area (TPSA) is 79.4 Å². The third-order valence-corrected chi connectivity index (χ3v) is 9.27. The molecule has 6 nitrogen and oxygen atoms in total. The first-order valence-corrected chi connectivity index (χ1v) is 13.6. The maximum atomic E-state index is 13.0. The molecule has 4 rings (SSSR count). The molecule has 1 fully saturated rings. The lowest BCUT2D eigenvalue weighted by atomic mass is 9.99. The van der Waals surface area contributed by atoms with E-state index >= 15 is 0 Å². The van der Waals surface area contributed by atoms with E-state index in [2.05, 4.69) is 10.3 Å². The van der Waals surface area contributed by atoms with E-state index in [0.29, 0.717) is 48.2 Å². The standard InChI is InChI=1S/C23H23Cl2N3O3S2/c1-15-2-7-19(12-20(15)25)33(30,31)28-10-8-17(9-11-28)23-27-21(14-32-23)22(29)26-13-16-3-5-18(24)6-4-16/h2-7,12,14,17H,8-11,13H2,1H3,(H,26,29). The van der Waals surface area contributed by atoms with Crippen LogP contribution in [0.15, 0.2) is 52.7 Å². The second-order valence-electron chi connectivity index (χ2n) is 7.97. The van der Waals surface area contributed by atoms with Crippen molar-refractivity contribution in [3.05, 3.63) is 79.7 Å². The normalized spacial score (nSPS) is 15.5. The van der Waals surface area contributed by atoms with Crippen LogP contribution in [0.2, 0.25) is 10.0 Å². The van der Waals surface area contributed by atoms with Crippen molar-refractivity contribution in [1.29, 1.82) is 0 Å². The highest BCUT2D eigenvalue weighted by atomic mass is 35.5. The zero-order valence-corrected chi connectivity index (χ0v) is 21.1. The molecule has 0 spiro atoms. The third kappa shape index (κ3) is 5.58. The van der Waals surface area contributed by atoms with Gasteiger partial charge in [-0.1, -0.05) is 41.4 Å². The van der Waals surface area contributed by atoms with Crippen molar-refractivity contribution >= 4 is 50.5 Å². The van der Waals surface area contributed by atoms with Gasteiger partial charge in [-0.05, 0) is 55.2 Å². The summed E-state index contributed by atoms with van der Waals surface area (Å²) < 4.78 is 27.5. The Morgan fingerprint density at radius 3 is 2.52 bits per heavy atom. The number of hydrogen-bond acceptors (Lipinski definition) is 5. The molecule has 2 heterocycles. The van der Waals surface area contributed by atoms with Crippen LogP contribution in [-0.2, 0) is 16.6 Å². The summed E-state index contributed by atoms with van der Waals surface area (Å²) in [6.07, 6.45) is 1.30. The maximum absolute atomic E-state index is 13.0. The van der Waals surface area contributed by atoms with Crippen LogP contribution >= 0.6 is 34.5 Å². The Balaban J connectivity index is 1.35. The second-order valence-corrected chi connectivity index (χ2v) is 11.6. The highest BCUT2D eigenvalue weighted by Gasteiger charge is 2.31. The Morgan fingerprint density at radius 1 is 1.15 bits per heavy atom. The van der Waals surface area contributed by atoms with E-state index in [9.17, 15) is 13.2 Å². The summed E-state index contributed by atoms with van der Waals surface area (Å²) in [6.45, 7) is 3.03. The largest absolute Gasteiger partial charge is 0.347 e. The molecule has 2 aromatic carbocycles. The van der Waals surface area contributed by atoms with Gasteiger partial charge < -0.3 is 5.32 Å². The van der Waals surface area contributed by atoms with Crippen molar-refractivity contribution in [2.24, 2.45) is 0 Å². The van der Waals surface area contributed by atoms with Crippen LogP contribution in [0.25, 0.3) is 0 Å². The number of nitrogens with one attached hydrogen (secondary N) is 1. The van der Waals surface area contributed by atoms with Gasteiger partial charge in [0.2, 0.25) is 10.0 Å². The molecule has 0 atom stereocenters. The van der Waals surface area contributed by atoms with Gasteiger partial charge in [0.05, 0.1) is 9.90 Å². The van der Waals surface area contributed by atoms with Crippen molar-refractivity contribution in [2.75, 3.05) is 13.1 Å². The minimum atomic E-state index is -3.59. The summed E-state index contributed by atoms with van der Waals surface area (Å²) in [7, 11) is -3.59. The number of hydrogen-bond donors (Lipinski definition) is 1. The van der Waals surface area contributed by atoms with Crippen LogP contribution in [0.3, 0.4) is 0 Å². The molecule has 1 amide bonds. The fourth-order valence-corrected chi connectivity index (χ4v) is 6.52. The van der Waals surface area contributed by atoms with Gasteiger partial charge in [-0.2, -0.15) is 4.31 Å². The van der Waals surface area contributed by atoms with Gasteiger partial charge >= 0.3 is 0 Å². The van der Waals surface area contributed by atoms with Gasteiger partial charge in [0.1, 0.15) is 5.69 Å². The van der Waals surface area contributed by atoms with Crippen molar-refractivity contribution in [2.45, 2.75) is 37.1 Å². The van der Waals surface area contributed by atoms with Crippen LogP contribution in [0.5, 0.6) is 0 Å². The van der Waals surface area contributed by atoms with E-state index in [-0.39, 0.29) is 16.7 Å². The summed E-state index contributed by atoms with van der Waals surface area (Å²) >= 11 is 13.5. The number of carbonyl (C=O) groups excluding carboxylic acids is 1. The number of aromatic nitrogens is 1. The molecule has 1 aliphatic heterocycles. The fourth-order valence-electron chi connectivity index (χ4n) is 3.68. The van der Waals surface area contributed by atoms with Crippen LogP contribution in [0.1, 0.15) is 45.4 Å². The monoisotopic (exact) mass is 523 g/mol. The zero-order valence-electron chi connectivity index (χ0n) is 17.9. The van der Waals surface area contributed by atoms with Crippen LogP contribution < -0.4 is 5.32 Å². The highest BCUT2D eigenvalue weighted by Crippen LogP contribution is 2.33. The Bertz CT molecular complexity index is 1250. The fraction of sp³-hybridized carbons (Fsp3) is 0.304. The predicted molar refractivity (Wildman–Crippen MR) is 132 cm³/mol. The number of benzene rings is 2. The first kappa shape index (κ1) is 24.2. The van der Waals surface area contributed by atoms with Crippen molar-refractivity contribution in [3.63, 3.8) is 0 Å². The molecule has 0 saturated carbocycles. The molecule has 174 valence electrons. The van der Waals surface area contributed by atoms with Crippen LogP contribution in [-0.4, -0.2) is 36.7 Å². The Kier molecular flexibility index (Phi) is 7.40. The summed E-state index contributed by atoms with van der Waals surface area (Å²) in [6, 6.07) is 12.1. The number of aryl methyl sites for hydroxylation is 1. The molecule has 0 bridgehead atoms. The number of nitrogens with zero attached hydrogens (tertiary/aromatic N) is 2. The summed E-state index contributed by atoms with van der Waals surface area (Å²) in [4.78, 5) is 17.2. The summed E-state index contributed by atoms with van der Waals surface area (Å²) in [5.74, 6) is -0.107. The minimum Gasteiger partial charge on any atom is -0.347 e. The Labute approximate surface area is 207 Å². The third-order valence-electron chi connectivity index (χ3n) is 5.71. The van der Waals surface area contributed by atoms with Gasteiger partial charge in [-0.25, -0.2) is 13.4 Å². The van der Waals surface area contributed by atoms with E-state index in [1.54, 1.807) is 29.6 Å². The first-order chi connectivity index (χ1) is 15.7. The smallest absolute Gasteiger partial charge is 0.271 e. The lowest BCUT2D eigenvalue weighted by molar-refractivity contribution is 0.0946.